The number of hydrogen-bond donors (Lipinski definition) is 3. The molecule has 0 radical (unpaired) electrons. The van der Waals surface area contributed by atoms with E-state index in [2.05, 4.69) is 22.4 Å². The van der Waals surface area contributed by atoms with Gasteiger partial charge in [-0.05, 0) is 44.0 Å². The average Bonchev–Trinajstić information content (AvgIpc) is 2.89. The minimum Gasteiger partial charge on any atom is -0.386 e. The average molecular weight is 354 g/mol. The molecule has 0 saturated carbocycles. The fourth-order valence-corrected chi connectivity index (χ4v) is 3.35. The standard InChI is InChI=1S/C21H23FN2O2/c1-12-8-13(2)21-17(9-12)16(14(3)24-21)10-20(26)23-11-19(25)15-6-4-5-7-18(15)22/h4-9,19,24-25H,10-11H2,1-3H3,(H,23,26)/t19-/m1/s1. The molecule has 136 valence electrons. The van der Waals surface area contributed by atoms with Gasteiger partial charge >= 0.3 is 0 Å². The molecule has 0 saturated heterocycles. The zero-order valence-electron chi connectivity index (χ0n) is 15.2. The molecule has 0 unspecified atom stereocenters. The monoisotopic (exact) mass is 354 g/mol. The van der Waals surface area contributed by atoms with Crippen molar-refractivity contribution in [2.24, 2.45) is 0 Å². The van der Waals surface area contributed by atoms with Gasteiger partial charge in [-0.15, -0.1) is 0 Å². The molecule has 3 N–H and O–H groups in total. The Morgan fingerprint density at radius 2 is 1.96 bits per heavy atom. The molecule has 3 rings (SSSR count). The Kier molecular flexibility index (Phi) is 5.09. The third kappa shape index (κ3) is 3.63. The first-order valence-corrected chi connectivity index (χ1v) is 8.64. The number of amides is 1. The van der Waals surface area contributed by atoms with Gasteiger partial charge in [0.2, 0.25) is 5.91 Å². The van der Waals surface area contributed by atoms with Crippen LogP contribution in [0.3, 0.4) is 0 Å². The second-order valence-corrected chi connectivity index (χ2v) is 6.75. The van der Waals surface area contributed by atoms with Crippen molar-refractivity contribution in [2.75, 3.05) is 6.54 Å². The summed E-state index contributed by atoms with van der Waals surface area (Å²) in [7, 11) is 0. The number of nitrogens with one attached hydrogen (secondary N) is 2. The summed E-state index contributed by atoms with van der Waals surface area (Å²) >= 11 is 0. The summed E-state index contributed by atoms with van der Waals surface area (Å²) in [5.74, 6) is -0.684. The Labute approximate surface area is 152 Å². The highest BCUT2D eigenvalue weighted by Gasteiger charge is 2.16. The van der Waals surface area contributed by atoms with Crippen molar-refractivity contribution in [3.8, 4) is 0 Å². The molecule has 0 aliphatic heterocycles. The van der Waals surface area contributed by atoms with E-state index in [0.717, 1.165) is 33.3 Å². The predicted molar refractivity (Wildman–Crippen MR) is 101 cm³/mol. The molecule has 3 aromatic rings. The fourth-order valence-electron chi connectivity index (χ4n) is 3.35. The number of aromatic nitrogens is 1. The Morgan fingerprint density at radius 1 is 1.23 bits per heavy atom. The van der Waals surface area contributed by atoms with Crippen LogP contribution < -0.4 is 5.32 Å². The number of hydrogen-bond acceptors (Lipinski definition) is 2. The van der Waals surface area contributed by atoms with Gasteiger partial charge in [0.15, 0.2) is 0 Å². The van der Waals surface area contributed by atoms with E-state index in [9.17, 15) is 14.3 Å². The number of H-pyrrole nitrogens is 1. The normalized spacial score (nSPS) is 12.3. The van der Waals surface area contributed by atoms with Crippen LogP contribution in [0.4, 0.5) is 4.39 Å². The number of aliphatic hydroxyl groups is 1. The second kappa shape index (κ2) is 7.30. The SMILES string of the molecule is Cc1cc(C)c2[nH]c(C)c(CC(=O)NC[C@@H](O)c3ccccc3F)c2c1. The van der Waals surface area contributed by atoms with Gasteiger partial charge in [0.1, 0.15) is 5.82 Å². The summed E-state index contributed by atoms with van der Waals surface area (Å²) in [5, 5.41) is 13.9. The van der Waals surface area contributed by atoms with Crippen LogP contribution >= 0.6 is 0 Å². The molecule has 0 bridgehead atoms. The first-order valence-electron chi connectivity index (χ1n) is 8.64. The summed E-state index contributed by atoms with van der Waals surface area (Å²) in [5.41, 5.74) is 5.42. The van der Waals surface area contributed by atoms with E-state index in [4.69, 9.17) is 0 Å². The molecule has 0 fully saturated rings. The lowest BCUT2D eigenvalue weighted by Crippen LogP contribution is -2.30. The molecule has 1 aromatic heterocycles. The Hall–Kier alpha value is -2.66. The van der Waals surface area contributed by atoms with Crippen molar-refractivity contribution in [1.29, 1.82) is 0 Å². The summed E-state index contributed by atoms with van der Waals surface area (Å²) in [6, 6.07) is 10.2. The van der Waals surface area contributed by atoms with E-state index in [1.165, 1.54) is 12.1 Å². The number of rotatable bonds is 5. The largest absolute Gasteiger partial charge is 0.386 e. The quantitative estimate of drug-likeness (QED) is 0.655. The minimum absolute atomic E-state index is 0.0285. The maximum atomic E-state index is 13.7. The van der Waals surface area contributed by atoms with Crippen molar-refractivity contribution in [2.45, 2.75) is 33.3 Å². The molecule has 0 aliphatic rings. The Bertz CT molecular complexity index is 962. The number of aromatic amines is 1. The lowest BCUT2D eigenvalue weighted by Gasteiger charge is -2.13. The van der Waals surface area contributed by atoms with Gasteiger partial charge < -0.3 is 15.4 Å². The van der Waals surface area contributed by atoms with Crippen LogP contribution in [0.15, 0.2) is 36.4 Å². The summed E-state index contributed by atoms with van der Waals surface area (Å²) < 4.78 is 13.7. The highest BCUT2D eigenvalue weighted by Crippen LogP contribution is 2.26. The zero-order chi connectivity index (χ0) is 18.8. The van der Waals surface area contributed by atoms with Crippen LogP contribution in [0.25, 0.3) is 10.9 Å². The zero-order valence-corrected chi connectivity index (χ0v) is 15.2. The second-order valence-electron chi connectivity index (χ2n) is 6.75. The fraction of sp³-hybridized carbons (Fsp3) is 0.286. The first-order chi connectivity index (χ1) is 12.4. The number of carbonyl (C=O) groups is 1. The summed E-state index contributed by atoms with van der Waals surface area (Å²) in [6.45, 7) is 5.99. The summed E-state index contributed by atoms with van der Waals surface area (Å²) in [6.07, 6.45) is -0.868. The molecule has 0 spiro atoms. The predicted octanol–water partition coefficient (Wildman–Crippen LogP) is 3.62. The van der Waals surface area contributed by atoms with Crippen molar-refractivity contribution in [3.63, 3.8) is 0 Å². The van der Waals surface area contributed by atoms with Crippen molar-refractivity contribution < 1.29 is 14.3 Å². The number of fused-ring (bicyclic) bond motifs is 1. The van der Waals surface area contributed by atoms with E-state index in [1.807, 2.05) is 20.8 Å². The molecule has 1 heterocycles. The van der Waals surface area contributed by atoms with Gasteiger partial charge in [-0.2, -0.15) is 0 Å². The molecule has 0 aliphatic carbocycles. The maximum Gasteiger partial charge on any atom is 0.224 e. The molecular weight excluding hydrogens is 331 g/mol. The van der Waals surface area contributed by atoms with E-state index < -0.39 is 11.9 Å². The highest BCUT2D eigenvalue weighted by molar-refractivity contribution is 5.92. The van der Waals surface area contributed by atoms with E-state index >= 15 is 0 Å². The van der Waals surface area contributed by atoms with Gasteiger partial charge in [0, 0.05) is 28.7 Å². The van der Waals surface area contributed by atoms with Crippen LogP contribution in [0.2, 0.25) is 0 Å². The molecule has 4 nitrogen and oxygen atoms in total. The first kappa shape index (κ1) is 18.1. The van der Waals surface area contributed by atoms with Gasteiger partial charge in [0.05, 0.1) is 12.5 Å². The van der Waals surface area contributed by atoms with Crippen molar-refractivity contribution >= 4 is 16.8 Å². The van der Waals surface area contributed by atoms with Crippen LogP contribution in [0.1, 0.15) is 34.1 Å². The molecule has 26 heavy (non-hydrogen) atoms. The third-order valence-electron chi connectivity index (χ3n) is 4.66. The molecule has 2 aromatic carbocycles. The maximum absolute atomic E-state index is 13.7. The van der Waals surface area contributed by atoms with Crippen molar-refractivity contribution in [1.82, 2.24) is 10.3 Å². The number of carbonyl (C=O) groups excluding carboxylic acids is 1. The number of benzene rings is 2. The molecule has 1 amide bonds. The molecular formula is C21H23FN2O2. The van der Waals surface area contributed by atoms with E-state index in [-0.39, 0.29) is 24.4 Å². The van der Waals surface area contributed by atoms with Crippen molar-refractivity contribution in [3.05, 3.63) is 70.2 Å². The lowest BCUT2D eigenvalue weighted by molar-refractivity contribution is -0.120. The summed E-state index contributed by atoms with van der Waals surface area (Å²) in [4.78, 5) is 15.7. The van der Waals surface area contributed by atoms with E-state index in [0.29, 0.717) is 0 Å². The Balaban J connectivity index is 1.72. The smallest absolute Gasteiger partial charge is 0.224 e. The topological polar surface area (TPSA) is 65.1 Å². The number of aryl methyl sites for hydroxylation is 3. The van der Waals surface area contributed by atoms with Gasteiger partial charge in [-0.1, -0.05) is 29.8 Å². The Morgan fingerprint density at radius 3 is 2.69 bits per heavy atom. The van der Waals surface area contributed by atoms with Gasteiger partial charge in [-0.3, -0.25) is 4.79 Å². The highest BCUT2D eigenvalue weighted by atomic mass is 19.1. The molecule has 5 heteroatoms. The van der Waals surface area contributed by atoms with Crippen LogP contribution in [-0.2, 0) is 11.2 Å². The van der Waals surface area contributed by atoms with Crippen LogP contribution in [0.5, 0.6) is 0 Å². The number of aliphatic hydroxyl groups excluding tert-OH is 1. The van der Waals surface area contributed by atoms with Crippen LogP contribution in [0, 0.1) is 26.6 Å². The molecule has 1 atom stereocenters. The van der Waals surface area contributed by atoms with Gasteiger partial charge in [0.25, 0.3) is 0 Å². The lowest BCUT2D eigenvalue weighted by atomic mass is 10.0. The number of halogens is 1. The third-order valence-corrected chi connectivity index (χ3v) is 4.66. The minimum atomic E-state index is -1.08. The van der Waals surface area contributed by atoms with Crippen LogP contribution in [-0.4, -0.2) is 22.5 Å². The van der Waals surface area contributed by atoms with E-state index in [1.54, 1.807) is 12.1 Å². The van der Waals surface area contributed by atoms with Gasteiger partial charge in [-0.25, -0.2) is 4.39 Å².